The molecule has 1 unspecified atom stereocenters. The predicted molar refractivity (Wildman–Crippen MR) is 113 cm³/mol. The van der Waals surface area contributed by atoms with Gasteiger partial charge in [0, 0.05) is 37.8 Å². The molecule has 1 aliphatic carbocycles. The van der Waals surface area contributed by atoms with E-state index in [4.69, 9.17) is 0 Å². The van der Waals surface area contributed by atoms with Gasteiger partial charge in [0.25, 0.3) is 5.91 Å². The highest BCUT2D eigenvalue weighted by Gasteiger charge is 2.30. The van der Waals surface area contributed by atoms with Crippen molar-refractivity contribution in [2.24, 2.45) is 0 Å². The van der Waals surface area contributed by atoms with Crippen LogP contribution in [-0.2, 0) is 10.0 Å². The molecule has 1 heterocycles. The summed E-state index contributed by atoms with van der Waals surface area (Å²) in [6, 6.07) is 6.88. The summed E-state index contributed by atoms with van der Waals surface area (Å²) in [7, 11) is -0.0123. The average Bonchev–Trinajstić information content (AvgIpc) is 2.73. The topological polar surface area (TPSA) is 69.7 Å². The van der Waals surface area contributed by atoms with Gasteiger partial charge in [-0.1, -0.05) is 25.3 Å². The van der Waals surface area contributed by atoms with E-state index in [9.17, 15) is 13.2 Å². The smallest absolute Gasteiger partial charge is 0.253 e. The molecular formula is C20H32ClN3O3S. The Labute approximate surface area is 175 Å². The van der Waals surface area contributed by atoms with Crippen LogP contribution in [0.3, 0.4) is 0 Å². The van der Waals surface area contributed by atoms with Crippen LogP contribution in [0.5, 0.6) is 0 Å². The molecule has 8 heteroatoms. The van der Waals surface area contributed by atoms with Gasteiger partial charge in [0.2, 0.25) is 10.0 Å². The molecule has 28 heavy (non-hydrogen) atoms. The summed E-state index contributed by atoms with van der Waals surface area (Å²) in [6.45, 7) is 1.38. The lowest BCUT2D eigenvalue weighted by atomic mass is 9.96. The Hall–Kier alpha value is -1.15. The van der Waals surface area contributed by atoms with Crippen LogP contribution in [0.25, 0.3) is 0 Å². The Balaban J connectivity index is 0.00000280. The zero-order valence-corrected chi connectivity index (χ0v) is 18.4. The van der Waals surface area contributed by atoms with Gasteiger partial charge in [-0.2, -0.15) is 4.31 Å². The Bertz CT molecular complexity index is 766. The van der Waals surface area contributed by atoms with Crippen LogP contribution in [-0.4, -0.2) is 62.8 Å². The van der Waals surface area contributed by atoms with Gasteiger partial charge in [0.15, 0.2) is 0 Å². The van der Waals surface area contributed by atoms with Crippen LogP contribution in [0.2, 0.25) is 0 Å². The Morgan fingerprint density at radius 1 is 1.14 bits per heavy atom. The summed E-state index contributed by atoms with van der Waals surface area (Å²) in [6.07, 6.45) is 7.16. The maximum Gasteiger partial charge on any atom is 0.253 e. The van der Waals surface area contributed by atoms with E-state index in [1.807, 2.05) is 11.9 Å². The normalized spacial score (nSPS) is 21.4. The van der Waals surface area contributed by atoms with Crippen LogP contribution in [0.15, 0.2) is 29.2 Å². The minimum atomic E-state index is -3.59. The van der Waals surface area contributed by atoms with E-state index >= 15 is 0 Å². The number of carbonyl (C=O) groups excluding carboxylic acids is 1. The van der Waals surface area contributed by atoms with E-state index in [0.29, 0.717) is 18.2 Å². The van der Waals surface area contributed by atoms with Gasteiger partial charge in [-0.15, -0.1) is 12.4 Å². The number of halogens is 1. The maximum atomic E-state index is 13.1. The first kappa shape index (κ1) is 23.1. The molecule has 1 aromatic carbocycles. The van der Waals surface area contributed by atoms with Crippen molar-refractivity contribution in [3.63, 3.8) is 0 Å². The first-order valence-electron chi connectivity index (χ1n) is 9.98. The molecule has 2 fully saturated rings. The van der Waals surface area contributed by atoms with Crippen molar-refractivity contribution in [2.45, 2.75) is 61.9 Å². The molecule has 0 spiro atoms. The van der Waals surface area contributed by atoms with Crippen LogP contribution in [0.1, 0.15) is 55.3 Å². The van der Waals surface area contributed by atoms with Crippen molar-refractivity contribution in [2.75, 3.05) is 27.2 Å². The highest BCUT2D eigenvalue weighted by Crippen LogP contribution is 2.27. The molecule has 1 N–H and O–H groups in total. The van der Waals surface area contributed by atoms with Gasteiger partial charge >= 0.3 is 0 Å². The Morgan fingerprint density at radius 3 is 2.54 bits per heavy atom. The molecule has 1 saturated carbocycles. The molecule has 6 nitrogen and oxygen atoms in total. The largest absolute Gasteiger partial charge is 0.337 e. The standard InChI is InChI=1S/C20H31N3O3S.ClH/c1-21-17-9-7-13-23(15-17)20(24)16-8-6-12-19(14-16)27(25,26)22(2)18-10-4-3-5-11-18;/h6,8,12,14,17-18,21H,3-5,7,9-11,13,15H2,1-2H3;1H. The summed E-state index contributed by atoms with van der Waals surface area (Å²) >= 11 is 0. The van der Waals surface area contributed by atoms with Crippen LogP contribution < -0.4 is 5.32 Å². The van der Waals surface area contributed by atoms with E-state index in [0.717, 1.165) is 45.1 Å². The fraction of sp³-hybridized carbons (Fsp3) is 0.650. The first-order chi connectivity index (χ1) is 12.9. The van der Waals surface area contributed by atoms with E-state index in [2.05, 4.69) is 5.32 Å². The monoisotopic (exact) mass is 429 g/mol. The van der Waals surface area contributed by atoms with E-state index in [1.54, 1.807) is 31.3 Å². The predicted octanol–water partition coefficient (Wildman–Crippen LogP) is 2.89. The highest BCUT2D eigenvalue weighted by atomic mass is 35.5. The van der Waals surface area contributed by atoms with Gasteiger partial charge in [0.05, 0.1) is 4.90 Å². The average molecular weight is 430 g/mol. The van der Waals surface area contributed by atoms with Gasteiger partial charge in [-0.25, -0.2) is 8.42 Å². The summed E-state index contributed by atoms with van der Waals surface area (Å²) < 4.78 is 27.7. The van der Waals surface area contributed by atoms with Gasteiger partial charge in [-0.3, -0.25) is 4.79 Å². The molecule has 1 aliphatic heterocycles. The number of sulfonamides is 1. The lowest BCUT2D eigenvalue weighted by molar-refractivity contribution is 0.0698. The number of rotatable bonds is 5. The summed E-state index contributed by atoms with van der Waals surface area (Å²) in [5.41, 5.74) is 0.449. The van der Waals surface area contributed by atoms with Crippen LogP contribution >= 0.6 is 12.4 Å². The van der Waals surface area contributed by atoms with Crippen molar-refractivity contribution in [1.29, 1.82) is 0 Å². The summed E-state index contributed by atoms with van der Waals surface area (Å²) in [4.78, 5) is 14.9. The van der Waals surface area contributed by atoms with Gasteiger partial charge in [-0.05, 0) is 50.9 Å². The molecule has 0 bridgehead atoms. The SMILES string of the molecule is CNC1CCCN(C(=O)c2cccc(S(=O)(=O)N(C)C3CCCCC3)c2)C1.Cl. The molecule has 1 saturated heterocycles. The van der Waals surface area contributed by atoms with Crippen LogP contribution in [0.4, 0.5) is 0 Å². The van der Waals surface area contributed by atoms with E-state index < -0.39 is 10.0 Å². The second kappa shape index (κ2) is 10.1. The molecule has 3 rings (SSSR count). The summed E-state index contributed by atoms with van der Waals surface area (Å²) in [5, 5.41) is 3.23. The zero-order chi connectivity index (χ0) is 19.4. The number of hydrogen-bond acceptors (Lipinski definition) is 4. The molecule has 2 aliphatic rings. The number of piperidine rings is 1. The highest BCUT2D eigenvalue weighted by molar-refractivity contribution is 7.89. The molecule has 1 aromatic rings. The van der Waals surface area contributed by atoms with Crippen molar-refractivity contribution in [3.8, 4) is 0 Å². The Kier molecular flexibility index (Phi) is 8.30. The number of benzene rings is 1. The number of carbonyl (C=O) groups is 1. The van der Waals surface area contributed by atoms with E-state index in [-0.39, 0.29) is 29.3 Å². The van der Waals surface area contributed by atoms with Crippen molar-refractivity contribution < 1.29 is 13.2 Å². The molecule has 0 aromatic heterocycles. The molecule has 1 amide bonds. The van der Waals surface area contributed by atoms with Gasteiger partial charge in [0.1, 0.15) is 0 Å². The third kappa shape index (κ3) is 5.06. The second-order valence-corrected chi connectivity index (χ2v) is 9.72. The van der Waals surface area contributed by atoms with Crippen molar-refractivity contribution >= 4 is 28.3 Å². The van der Waals surface area contributed by atoms with E-state index in [1.165, 1.54) is 10.7 Å². The van der Waals surface area contributed by atoms with Gasteiger partial charge < -0.3 is 10.2 Å². The fourth-order valence-corrected chi connectivity index (χ4v) is 5.64. The third-order valence-corrected chi connectivity index (χ3v) is 7.87. The number of likely N-dealkylation sites (tertiary alicyclic amines) is 1. The zero-order valence-electron chi connectivity index (χ0n) is 16.8. The number of nitrogens with zero attached hydrogens (tertiary/aromatic N) is 2. The quantitative estimate of drug-likeness (QED) is 0.781. The molecule has 1 atom stereocenters. The summed E-state index contributed by atoms with van der Waals surface area (Å²) in [5.74, 6) is -0.0904. The lowest BCUT2D eigenvalue weighted by Crippen LogP contribution is -2.47. The maximum absolute atomic E-state index is 13.1. The van der Waals surface area contributed by atoms with Crippen molar-refractivity contribution in [1.82, 2.24) is 14.5 Å². The van der Waals surface area contributed by atoms with Crippen LogP contribution in [0, 0.1) is 0 Å². The Morgan fingerprint density at radius 2 is 1.86 bits per heavy atom. The molecule has 158 valence electrons. The first-order valence-corrected chi connectivity index (χ1v) is 11.4. The molecule has 0 radical (unpaired) electrons. The lowest BCUT2D eigenvalue weighted by Gasteiger charge is -2.33. The molecular weight excluding hydrogens is 398 g/mol. The minimum Gasteiger partial charge on any atom is -0.337 e. The number of amides is 1. The minimum absolute atomic E-state index is 0. The third-order valence-electron chi connectivity index (χ3n) is 5.96. The fourth-order valence-electron chi connectivity index (χ4n) is 4.18. The number of nitrogens with one attached hydrogen (secondary N) is 1. The second-order valence-electron chi connectivity index (χ2n) is 7.72. The van der Waals surface area contributed by atoms with Crippen molar-refractivity contribution in [3.05, 3.63) is 29.8 Å². The number of likely N-dealkylation sites (N-methyl/N-ethyl adjacent to an activating group) is 1. The number of hydrogen-bond donors (Lipinski definition) is 1.